The van der Waals surface area contributed by atoms with Crippen LogP contribution < -0.4 is 0 Å². The smallest absolute Gasteiger partial charge is 0.326 e. The average molecular weight is 272 g/mol. The monoisotopic (exact) mass is 271 g/mol. The Morgan fingerprint density at radius 2 is 2.17 bits per heavy atom. The number of rotatable bonds is 2. The second kappa shape index (κ2) is 4.94. The number of carbonyl (C=O) groups excluding carboxylic acids is 1. The van der Waals surface area contributed by atoms with Crippen molar-refractivity contribution in [3.63, 3.8) is 0 Å². The van der Waals surface area contributed by atoms with Crippen LogP contribution in [0.2, 0.25) is 5.02 Å². The third kappa shape index (κ3) is 2.31. The molecule has 1 aromatic carbocycles. The Hall–Kier alpha value is -1.62. The highest BCUT2D eigenvalue weighted by atomic mass is 35.5. The van der Waals surface area contributed by atoms with Crippen molar-refractivity contribution in [1.82, 2.24) is 4.90 Å². The van der Waals surface area contributed by atoms with Crippen molar-refractivity contribution in [2.75, 3.05) is 6.54 Å². The molecule has 0 unspecified atom stereocenters. The normalized spacial score (nSPS) is 19.0. The van der Waals surface area contributed by atoms with Gasteiger partial charge in [0.05, 0.1) is 5.56 Å². The van der Waals surface area contributed by atoms with Crippen LogP contribution in [0, 0.1) is 5.82 Å². The number of amides is 1. The molecule has 1 amide bonds. The first-order valence-corrected chi connectivity index (χ1v) is 5.87. The number of halogens is 2. The van der Waals surface area contributed by atoms with Crippen molar-refractivity contribution >= 4 is 23.5 Å². The first-order chi connectivity index (χ1) is 8.50. The summed E-state index contributed by atoms with van der Waals surface area (Å²) in [6.45, 7) is 0.331. The molecule has 0 saturated carbocycles. The summed E-state index contributed by atoms with van der Waals surface area (Å²) in [6, 6.07) is 2.86. The van der Waals surface area contributed by atoms with Gasteiger partial charge in [0.2, 0.25) is 0 Å². The summed E-state index contributed by atoms with van der Waals surface area (Å²) in [4.78, 5) is 24.2. The summed E-state index contributed by atoms with van der Waals surface area (Å²) in [7, 11) is 0. The molecule has 2 rings (SSSR count). The Morgan fingerprint density at radius 1 is 1.44 bits per heavy atom. The molecule has 1 saturated heterocycles. The maximum absolute atomic E-state index is 13.6. The van der Waals surface area contributed by atoms with Crippen LogP contribution in [0.4, 0.5) is 4.39 Å². The highest BCUT2D eigenvalue weighted by Gasteiger charge is 2.35. The van der Waals surface area contributed by atoms with Gasteiger partial charge in [-0.15, -0.1) is 0 Å². The van der Waals surface area contributed by atoms with E-state index in [1.54, 1.807) is 0 Å². The lowest BCUT2D eigenvalue weighted by molar-refractivity contribution is -0.141. The molecule has 1 aliphatic rings. The molecule has 1 atom stereocenters. The lowest BCUT2D eigenvalue weighted by atomic mass is 10.1. The molecule has 1 aromatic rings. The highest BCUT2D eigenvalue weighted by molar-refractivity contribution is 6.30. The molecule has 0 spiro atoms. The first-order valence-electron chi connectivity index (χ1n) is 5.49. The largest absolute Gasteiger partial charge is 0.480 e. The third-order valence-corrected chi connectivity index (χ3v) is 3.20. The second-order valence-electron chi connectivity index (χ2n) is 4.12. The minimum Gasteiger partial charge on any atom is -0.480 e. The van der Waals surface area contributed by atoms with Crippen molar-refractivity contribution in [3.05, 3.63) is 34.6 Å². The number of hydrogen-bond donors (Lipinski definition) is 1. The number of likely N-dealkylation sites (tertiary alicyclic amines) is 1. The Bertz CT molecular complexity index is 506. The summed E-state index contributed by atoms with van der Waals surface area (Å²) in [5, 5.41) is 9.18. The van der Waals surface area contributed by atoms with Gasteiger partial charge in [-0.3, -0.25) is 4.79 Å². The van der Waals surface area contributed by atoms with Gasteiger partial charge < -0.3 is 10.0 Å². The standard InChI is InChI=1S/C12H11ClFNO3/c13-7-3-4-8(9(14)6-7)11(16)15-5-1-2-10(15)12(17)18/h3-4,6,10H,1-2,5H2,(H,17,18)/t10-/m1/s1. The zero-order valence-electron chi connectivity index (χ0n) is 9.40. The van der Waals surface area contributed by atoms with Crippen LogP contribution in [0.1, 0.15) is 23.2 Å². The topological polar surface area (TPSA) is 57.6 Å². The number of hydrogen-bond acceptors (Lipinski definition) is 2. The molecule has 1 fully saturated rings. The summed E-state index contributed by atoms with van der Waals surface area (Å²) in [6.07, 6.45) is 1.01. The number of carbonyl (C=O) groups is 2. The van der Waals surface area contributed by atoms with Gasteiger partial charge in [-0.2, -0.15) is 0 Å². The maximum atomic E-state index is 13.6. The minimum atomic E-state index is -1.06. The summed E-state index contributed by atoms with van der Waals surface area (Å²) in [5.74, 6) is -2.40. The molecule has 18 heavy (non-hydrogen) atoms. The molecule has 0 radical (unpaired) electrons. The van der Waals surface area contributed by atoms with Crippen molar-refractivity contribution in [2.45, 2.75) is 18.9 Å². The number of carboxylic acid groups (broad SMARTS) is 1. The van der Waals surface area contributed by atoms with E-state index in [0.717, 1.165) is 6.07 Å². The fraction of sp³-hybridized carbons (Fsp3) is 0.333. The van der Waals surface area contributed by atoms with E-state index in [1.165, 1.54) is 17.0 Å². The van der Waals surface area contributed by atoms with Crippen molar-refractivity contribution < 1.29 is 19.1 Å². The molecular weight excluding hydrogens is 261 g/mol. The molecule has 4 nitrogen and oxygen atoms in total. The molecule has 6 heteroatoms. The van der Waals surface area contributed by atoms with Crippen LogP contribution in [0.25, 0.3) is 0 Å². The van der Waals surface area contributed by atoms with E-state index < -0.39 is 23.7 Å². The van der Waals surface area contributed by atoms with Gasteiger partial charge in [0.25, 0.3) is 5.91 Å². The van der Waals surface area contributed by atoms with Crippen molar-refractivity contribution in [3.8, 4) is 0 Å². The van der Waals surface area contributed by atoms with E-state index in [0.29, 0.717) is 19.4 Å². The van der Waals surface area contributed by atoms with E-state index >= 15 is 0 Å². The van der Waals surface area contributed by atoms with E-state index in [2.05, 4.69) is 0 Å². The quantitative estimate of drug-likeness (QED) is 0.897. The van der Waals surface area contributed by atoms with Crippen LogP contribution >= 0.6 is 11.6 Å². The Labute approximate surface area is 108 Å². The zero-order valence-corrected chi connectivity index (χ0v) is 10.2. The Morgan fingerprint density at radius 3 is 2.78 bits per heavy atom. The molecule has 1 N–H and O–H groups in total. The molecule has 1 aliphatic heterocycles. The van der Waals surface area contributed by atoms with Gasteiger partial charge in [0.1, 0.15) is 11.9 Å². The summed E-state index contributed by atoms with van der Waals surface area (Å²) in [5.41, 5.74) is -0.146. The predicted octanol–water partition coefficient (Wildman–Crippen LogP) is 2.17. The SMILES string of the molecule is O=C(O)[C@H]1CCCN1C(=O)c1ccc(Cl)cc1F. The highest BCUT2D eigenvalue weighted by Crippen LogP contribution is 2.22. The van der Waals surface area contributed by atoms with Crippen LogP contribution in [0.5, 0.6) is 0 Å². The average Bonchev–Trinajstić information content (AvgIpc) is 2.77. The van der Waals surface area contributed by atoms with Gasteiger partial charge >= 0.3 is 5.97 Å². The van der Waals surface area contributed by atoms with Gasteiger partial charge in [0.15, 0.2) is 0 Å². The van der Waals surface area contributed by atoms with Gasteiger partial charge in [-0.1, -0.05) is 11.6 Å². The van der Waals surface area contributed by atoms with E-state index in [4.69, 9.17) is 16.7 Å². The summed E-state index contributed by atoms with van der Waals surface area (Å²) < 4.78 is 13.6. The van der Waals surface area contributed by atoms with E-state index in [1.807, 2.05) is 0 Å². The molecular formula is C12H11ClFNO3. The predicted molar refractivity (Wildman–Crippen MR) is 63.1 cm³/mol. The maximum Gasteiger partial charge on any atom is 0.326 e. The van der Waals surface area contributed by atoms with Crippen LogP contribution in [-0.4, -0.2) is 34.5 Å². The Kier molecular flexibility index (Phi) is 3.52. The molecule has 0 aliphatic carbocycles. The molecule has 1 heterocycles. The van der Waals surface area contributed by atoms with Crippen LogP contribution in [0.3, 0.4) is 0 Å². The Balaban J connectivity index is 2.28. The fourth-order valence-corrected chi connectivity index (χ4v) is 2.24. The van der Waals surface area contributed by atoms with Crippen LogP contribution in [-0.2, 0) is 4.79 Å². The van der Waals surface area contributed by atoms with Crippen molar-refractivity contribution in [1.29, 1.82) is 0 Å². The minimum absolute atomic E-state index is 0.146. The van der Waals surface area contributed by atoms with Gasteiger partial charge in [-0.25, -0.2) is 9.18 Å². The number of aliphatic carboxylic acids is 1. The molecule has 0 bridgehead atoms. The number of benzene rings is 1. The van der Waals surface area contributed by atoms with E-state index in [-0.39, 0.29) is 10.6 Å². The van der Waals surface area contributed by atoms with Crippen molar-refractivity contribution in [2.24, 2.45) is 0 Å². The number of nitrogens with zero attached hydrogens (tertiary/aromatic N) is 1. The van der Waals surface area contributed by atoms with Crippen LogP contribution in [0.15, 0.2) is 18.2 Å². The summed E-state index contributed by atoms with van der Waals surface area (Å²) >= 11 is 5.60. The fourth-order valence-electron chi connectivity index (χ4n) is 2.08. The number of carboxylic acids is 1. The molecule has 96 valence electrons. The third-order valence-electron chi connectivity index (χ3n) is 2.96. The first kappa shape index (κ1) is 12.8. The second-order valence-corrected chi connectivity index (χ2v) is 4.56. The molecule has 0 aromatic heterocycles. The van der Waals surface area contributed by atoms with E-state index in [9.17, 15) is 14.0 Å². The van der Waals surface area contributed by atoms with Gasteiger partial charge in [-0.05, 0) is 31.0 Å². The zero-order chi connectivity index (χ0) is 13.3. The lowest BCUT2D eigenvalue weighted by Crippen LogP contribution is -2.40. The van der Waals surface area contributed by atoms with Gasteiger partial charge in [0, 0.05) is 11.6 Å². The lowest BCUT2D eigenvalue weighted by Gasteiger charge is -2.21.